The van der Waals surface area contributed by atoms with Crippen molar-refractivity contribution in [3.63, 3.8) is 0 Å². The number of nitrogens with one attached hydrogen (secondary N) is 1. The lowest BCUT2D eigenvalue weighted by atomic mass is 10.1. The van der Waals surface area contributed by atoms with Crippen molar-refractivity contribution in [3.8, 4) is 11.5 Å². The molecular weight excluding hydrogens is 254 g/mol. The summed E-state index contributed by atoms with van der Waals surface area (Å²) in [6, 6.07) is 9.87. The van der Waals surface area contributed by atoms with Crippen LogP contribution < -0.4 is 14.8 Å². The van der Waals surface area contributed by atoms with Crippen LogP contribution in [0, 0.1) is 0 Å². The lowest BCUT2D eigenvalue weighted by molar-refractivity contribution is 0.252. The van der Waals surface area contributed by atoms with E-state index in [1.165, 1.54) is 5.56 Å². The van der Waals surface area contributed by atoms with Crippen LogP contribution in [0.4, 0.5) is 0 Å². The Kier molecular flexibility index (Phi) is 5.07. The number of aryl methyl sites for hydroxylation is 1. The SMILES string of the molecule is CCc1ccc(OCc2ccc(CNC)o2)c(OC)c1. The molecule has 0 bridgehead atoms. The van der Waals surface area contributed by atoms with Gasteiger partial charge < -0.3 is 19.2 Å². The molecule has 0 fully saturated rings. The maximum atomic E-state index is 5.77. The molecule has 0 amide bonds. The molecule has 0 aliphatic heterocycles. The van der Waals surface area contributed by atoms with Gasteiger partial charge in [-0.05, 0) is 43.3 Å². The lowest BCUT2D eigenvalue weighted by Gasteiger charge is -2.10. The van der Waals surface area contributed by atoms with E-state index in [9.17, 15) is 0 Å². The number of ether oxygens (including phenoxy) is 2. The topological polar surface area (TPSA) is 43.6 Å². The molecule has 4 heteroatoms. The smallest absolute Gasteiger partial charge is 0.161 e. The van der Waals surface area contributed by atoms with Crippen LogP contribution in [0.3, 0.4) is 0 Å². The summed E-state index contributed by atoms with van der Waals surface area (Å²) in [5.41, 5.74) is 1.23. The van der Waals surface area contributed by atoms with Crippen molar-refractivity contribution in [2.45, 2.75) is 26.5 Å². The third-order valence-electron chi connectivity index (χ3n) is 3.07. The number of methoxy groups -OCH3 is 1. The summed E-state index contributed by atoms with van der Waals surface area (Å²) in [6.07, 6.45) is 0.974. The first-order valence-electron chi connectivity index (χ1n) is 6.78. The molecule has 0 spiro atoms. The van der Waals surface area contributed by atoms with Gasteiger partial charge in [0.2, 0.25) is 0 Å². The molecule has 0 saturated carbocycles. The van der Waals surface area contributed by atoms with Gasteiger partial charge in [-0.3, -0.25) is 0 Å². The normalized spacial score (nSPS) is 10.6. The van der Waals surface area contributed by atoms with Gasteiger partial charge in [-0.15, -0.1) is 0 Å². The maximum absolute atomic E-state index is 5.77. The molecule has 20 heavy (non-hydrogen) atoms. The van der Waals surface area contributed by atoms with E-state index >= 15 is 0 Å². The Morgan fingerprint density at radius 3 is 2.60 bits per heavy atom. The fraction of sp³-hybridized carbons (Fsp3) is 0.375. The molecule has 0 aliphatic rings. The van der Waals surface area contributed by atoms with Crippen LogP contribution in [0.2, 0.25) is 0 Å². The number of rotatable bonds is 7. The summed E-state index contributed by atoms with van der Waals surface area (Å²) >= 11 is 0. The van der Waals surface area contributed by atoms with Gasteiger partial charge in [0.25, 0.3) is 0 Å². The number of hydrogen-bond acceptors (Lipinski definition) is 4. The van der Waals surface area contributed by atoms with Crippen LogP contribution in [-0.2, 0) is 19.6 Å². The molecule has 0 unspecified atom stereocenters. The van der Waals surface area contributed by atoms with Gasteiger partial charge in [0.1, 0.15) is 18.1 Å². The van der Waals surface area contributed by atoms with E-state index in [4.69, 9.17) is 13.9 Å². The Morgan fingerprint density at radius 1 is 1.10 bits per heavy atom. The van der Waals surface area contributed by atoms with Crippen molar-refractivity contribution in [1.29, 1.82) is 0 Å². The minimum atomic E-state index is 0.394. The summed E-state index contributed by atoms with van der Waals surface area (Å²) in [7, 11) is 3.54. The minimum absolute atomic E-state index is 0.394. The molecule has 2 aromatic rings. The summed E-state index contributed by atoms with van der Waals surface area (Å²) in [5, 5.41) is 3.05. The highest BCUT2D eigenvalue weighted by atomic mass is 16.5. The summed E-state index contributed by atoms with van der Waals surface area (Å²) in [6.45, 7) is 3.22. The maximum Gasteiger partial charge on any atom is 0.161 e. The minimum Gasteiger partial charge on any atom is -0.493 e. The Bertz CT molecular complexity index is 548. The molecule has 0 radical (unpaired) electrons. The largest absolute Gasteiger partial charge is 0.493 e. The van der Waals surface area contributed by atoms with Crippen LogP contribution in [0.25, 0.3) is 0 Å². The highest BCUT2D eigenvalue weighted by molar-refractivity contribution is 5.43. The molecule has 108 valence electrons. The molecule has 0 aliphatic carbocycles. The van der Waals surface area contributed by atoms with Gasteiger partial charge in [-0.2, -0.15) is 0 Å². The van der Waals surface area contributed by atoms with Gasteiger partial charge in [0, 0.05) is 0 Å². The van der Waals surface area contributed by atoms with E-state index < -0.39 is 0 Å². The van der Waals surface area contributed by atoms with E-state index in [1.807, 2.05) is 37.4 Å². The number of benzene rings is 1. The van der Waals surface area contributed by atoms with E-state index in [0.717, 1.165) is 29.4 Å². The van der Waals surface area contributed by atoms with Crippen molar-refractivity contribution in [2.24, 2.45) is 0 Å². The van der Waals surface area contributed by atoms with Crippen molar-refractivity contribution >= 4 is 0 Å². The first-order valence-corrected chi connectivity index (χ1v) is 6.78. The molecule has 4 nitrogen and oxygen atoms in total. The van der Waals surface area contributed by atoms with Crippen LogP contribution in [-0.4, -0.2) is 14.2 Å². The third kappa shape index (κ3) is 3.54. The van der Waals surface area contributed by atoms with Crippen molar-refractivity contribution in [1.82, 2.24) is 5.32 Å². The zero-order chi connectivity index (χ0) is 14.4. The molecule has 1 aromatic carbocycles. The van der Waals surface area contributed by atoms with Crippen LogP contribution in [0.5, 0.6) is 11.5 Å². The fourth-order valence-electron chi connectivity index (χ4n) is 1.97. The second-order valence-corrected chi connectivity index (χ2v) is 4.53. The molecule has 1 aromatic heterocycles. The molecule has 1 N–H and O–H groups in total. The Labute approximate surface area is 119 Å². The van der Waals surface area contributed by atoms with Crippen LogP contribution in [0.15, 0.2) is 34.7 Å². The zero-order valence-corrected chi connectivity index (χ0v) is 12.2. The molecule has 0 atom stereocenters. The standard InChI is InChI=1S/C16H21NO3/c1-4-12-5-8-15(16(9-12)18-3)19-11-14-7-6-13(20-14)10-17-2/h5-9,17H,4,10-11H2,1-3H3. The second kappa shape index (κ2) is 7.01. The average Bonchev–Trinajstić information content (AvgIpc) is 2.93. The predicted molar refractivity (Wildman–Crippen MR) is 78.2 cm³/mol. The summed E-state index contributed by atoms with van der Waals surface area (Å²) in [4.78, 5) is 0. The van der Waals surface area contributed by atoms with E-state index in [-0.39, 0.29) is 0 Å². The molecular formula is C16H21NO3. The highest BCUT2D eigenvalue weighted by Crippen LogP contribution is 2.29. The van der Waals surface area contributed by atoms with Gasteiger partial charge in [0.15, 0.2) is 11.5 Å². The Morgan fingerprint density at radius 2 is 1.90 bits per heavy atom. The van der Waals surface area contributed by atoms with E-state index in [2.05, 4.69) is 12.2 Å². The summed E-state index contributed by atoms with van der Waals surface area (Å²) < 4.78 is 16.8. The monoisotopic (exact) mass is 275 g/mol. The van der Waals surface area contributed by atoms with E-state index in [1.54, 1.807) is 7.11 Å². The average molecular weight is 275 g/mol. The first kappa shape index (κ1) is 14.5. The third-order valence-corrected chi connectivity index (χ3v) is 3.07. The van der Waals surface area contributed by atoms with Crippen LogP contribution >= 0.6 is 0 Å². The van der Waals surface area contributed by atoms with Crippen molar-refractivity contribution in [3.05, 3.63) is 47.4 Å². The quantitative estimate of drug-likeness (QED) is 0.843. The predicted octanol–water partition coefficient (Wildman–Crippen LogP) is 3.15. The van der Waals surface area contributed by atoms with Crippen LogP contribution in [0.1, 0.15) is 24.0 Å². The Balaban J connectivity index is 2.02. The highest BCUT2D eigenvalue weighted by Gasteiger charge is 2.07. The lowest BCUT2D eigenvalue weighted by Crippen LogP contribution is -2.03. The number of furan rings is 1. The van der Waals surface area contributed by atoms with E-state index in [0.29, 0.717) is 13.2 Å². The Hall–Kier alpha value is -1.94. The fourth-order valence-corrected chi connectivity index (χ4v) is 1.97. The van der Waals surface area contributed by atoms with Gasteiger partial charge in [0.05, 0.1) is 13.7 Å². The second-order valence-electron chi connectivity index (χ2n) is 4.53. The van der Waals surface area contributed by atoms with Gasteiger partial charge >= 0.3 is 0 Å². The molecule has 0 saturated heterocycles. The molecule has 1 heterocycles. The van der Waals surface area contributed by atoms with Gasteiger partial charge in [-0.25, -0.2) is 0 Å². The molecule has 2 rings (SSSR count). The summed E-state index contributed by atoms with van der Waals surface area (Å²) in [5.74, 6) is 3.19. The van der Waals surface area contributed by atoms with Crippen molar-refractivity contribution < 1.29 is 13.9 Å². The zero-order valence-electron chi connectivity index (χ0n) is 12.2. The first-order chi connectivity index (χ1) is 9.76. The van der Waals surface area contributed by atoms with Gasteiger partial charge in [-0.1, -0.05) is 13.0 Å². The van der Waals surface area contributed by atoms with Crippen molar-refractivity contribution in [2.75, 3.05) is 14.2 Å². The number of hydrogen-bond donors (Lipinski definition) is 1.